The van der Waals surface area contributed by atoms with Gasteiger partial charge in [0.1, 0.15) is 24.4 Å². The van der Waals surface area contributed by atoms with E-state index in [1.165, 1.54) is 32.1 Å². The number of aliphatic hydroxyl groups is 9. The van der Waals surface area contributed by atoms with Crippen molar-refractivity contribution in [3.05, 3.63) is 0 Å². The van der Waals surface area contributed by atoms with Gasteiger partial charge in [0.2, 0.25) is 5.79 Å². The van der Waals surface area contributed by atoms with E-state index >= 15 is 0 Å². The fraction of sp³-hybridized carbons (Fsp3) is 1.00. The largest absolute Gasteiger partial charge is 0.394 e. The lowest BCUT2D eigenvalue weighted by Gasteiger charge is -2.58. The van der Waals surface area contributed by atoms with Crippen molar-refractivity contribution in [3.8, 4) is 0 Å². The maximum atomic E-state index is 11.3. The van der Waals surface area contributed by atoms with Crippen molar-refractivity contribution in [1.82, 2.24) is 0 Å². The molecule has 0 bridgehead atoms. The molecule has 0 aromatic rings. The van der Waals surface area contributed by atoms with Gasteiger partial charge in [-0.3, -0.25) is 0 Å². The van der Waals surface area contributed by atoms with Crippen LogP contribution in [0.3, 0.4) is 0 Å². The van der Waals surface area contributed by atoms with E-state index in [9.17, 15) is 46.0 Å². The third-order valence-electron chi connectivity index (χ3n) is 7.39. The molecule has 8 atom stereocenters. The Kier molecular flexibility index (Phi) is 18.4. The standard InChI is InChI=1S/C27H54O12/c1-2-3-4-5-6-7-8-9-10-11-12-37-27(14-21(33)16-29)26(13-20(32)15-28,38-19-22(34)17-30)25(36)24(35)23(18-31)39-27/h20-25,28-36H,2-19H2,1H3/t20?,21?,22?,23-,24-,25+,26-,27?/m1/s1. The van der Waals surface area contributed by atoms with Gasteiger partial charge in [-0.15, -0.1) is 0 Å². The monoisotopic (exact) mass is 570 g/mol. The maximum absolute atomic E-state index is 11.3. The molecule has 0 aliphatic carbocycles. The van der Waals surface area contributed by atoms with Crippen molar-refractivity contribution in [2.45, 2.75) is 132 Å². The Bertz CT molecular complexity index is 613. The normalized spacial score (nSPS) is 29.8. The average Bonchev–Trinajstić information content (AvgIpc) is 2.94. The van der Waals surface area contributed by atoms with Crippen LogP contribution >= 0.6 is 0 Å². The van der Waals surface area contributed by atoms with Crippen LogP contribution in [0, 0.1) is 0 Å². The number of ether oxygens (including phenoxy) is 3. The summed E-state index contributed by atoms with van der Waals surface area (Å²) in [4.78, 5) is 0. The maximum Gasteiger partial charge on any atom is 0.203 e. The second-order valence-corrected chi connectivity index (χ2v) is 10.7. The van der Waals surface area contributed by atoms with Crippen molar-refractivity contribution in [2.24, 2.45) is 0 Å². The molecule has 1 saturated heterocycles. The van der Waals surface area contributed by atoms with E-state index in [0.717, 1.165) is 25.7 Å². The van der Waals surface area contributed by atoms with Crippen molar-refractivity contribution in [3.63, 3.8) is 0 Å². The molecular formula is C27H54O12. The van der Waals surface area contributed by atoms with E-state index in [1.807, 2.05) is 0 Å². The molecule has 4 unspecified atom stereocenters. The summed E-state index contributed by atoms with van der Waals surface area (Å²) in [5, 5.41) is 91.2. The first-order chi connectivity index (χ1) is 18.7. The van der Waals surface area contributed by atoms with E-state index in [1.54, 1.807) is 0 Å². The number of unbranched alkanes of at least 4 members (excludes halogenated alkanes) is 9. The molecule has 1 heterocycles. The summed E-state index contributed by atoms with van der Waals surface area (Å²) >= 11 is 0. The Labute approximate surface area is 232 Å². The van der Waals surface area contributed by atoms with Crippen LogP contribution in [0.2, 0.25) is 0 Å². The smallest absolute Gasteiger partial charge is 0.203 e. The highest BCUT2D eigenvalue weighted by atomic mass is 16.7. The molecule has 0 saturated carbocycles. The Morgan fingerprint density at radius 1 is 0.692 bits per heavy atom. The minimum absolute atomic E-state index is 0.0541. The van der Waals surface area contributed by atoms with Crippen LogP contribution in [-0.4, -0.2) is 134 Å². The van der Waals surface area contributed by atoms with Gasteiger partial charge in [-0.1, -0.05) is 64.7 Å². The zero-order valence-electron chi connectivity index (χ0n) is 23.4. The first kappa shape index (κ1) is 36.5. The summed E-state index contributed by atoms with van der Waals surface area (Å²) in [7, 11) is 0. The van der Waals surface area contributed by atoms with Gasteiger partial charge in [-0.25, -0.2) is 0 Å². The third-order valence-corrected chi connectivity index (χ3v) is 7.39. The van der Waals surface area contributed by atoms with E-state index in [0.29, 0.717) is 6.42 Å². The molecule has 0 aromatic carbocycles. The van der Waals surface area contributed by atoms with Gasteiger partial charge in [-0.2, -0.15) is 0 Å². The van der Waals surface area contributed by atoms with Gasteiger partial charge in [0.15, 0.2) is 5.60 Å². The first-order valence-electron chi connectivity index (χ1n) is 14.5. The zero-order valence-corrected chi connectivity index (χ0v) is 23.4. The summed E-state index contributed by atoms with van der Waals surface area (Å²) < 4.78 is 18.0. The summed E-state index contributed by atoms with van der Waals surface area (Å²) in [6, 6.07) is 0. The van der Waals surface area contributed by atoms with Crippen LogP contribution in [0.4, 0.5) is 0 Å². The molecular weight excluding hydrogens is 516 g/mol. The molecule has 1 aliphatic heterocycles. The number of hydrogen-bond donors (Lipinski definition) is 9. The van der Waals surface area contributed by atoms with Gasteiger partial charge < -0.3 is 60.2 Å². The van der Waals surface area contributed by atoms with Crippen LogP contribution in [0.15, 0.2) is 0 Å². The van der Waals surface area contributed by atoms with E-state index in [-0.39, 0.29) is 6.61 Å². The summed E-state index contributed by atoms with van der Waals surface area (Å²) in [6.45, 7) is -1.23. The molecule has 12 nitrogen and oxygen atoms in total. The predicted octanol–water partition coefficient (Wildman–Crippen LogP) is -0.672. The minimum atomic E-state index is -2.18. The lowest BCUT2D eigenvalue weighted by Crippen LogP contribution is -2.76. The molecule has 0 spiro atoms. The van der Waals surface area contributed by atoms with Crippen molar-refractivity contribution in [1.29, 1.82) is 0 Å². The molecule has 0 amide bonds. The Balaban J connectivity index is 3.14. The van der Waals surface area contributed by atoms with Gasteiger partial charge in [0, 0.05) is 12.8 Å². The SMILES string of the molecule is CCCCCCCCCCCCOC1(CC(O)CO)O[C@H](CO)[C@@H](O)[C@H](O)[C@@]1(CC(O)CO)OCC(O)CO. The molecule has 12 heteroatoms. The van der Waals surface area contributed by atoms with Gasteiger partial charge in [-0.05, 0) is 6.42 Å². The van der Waals surface area contributed by atoms with Crippen LogP contribution < -0.4 is 0 Å². The molecule has 0 aromatic heterocycles. The van der Waals surface area contributed by atoms with Crippen LogP contribution in [-0.2, 0) is 14.2 Å². The summed E-state index contributed by atoms with van der Waals surface area (Å²) in [5.74, 6) is -2.12. The van der Waals surface area contributed by atoms with Crippen LogP contribution in [0.25, 0.3) is 0 Å². The molecule has 0 radical (unpaired) electrons. The second-order valence-electron chi connectivity index (χ2n) is 10.7. The molecule has 1 aliphatic rings. The quantitative estimate of drug-likeness (QED) is 0.0701. The average molecular weight is 571 g/mol. The Morgan fingerprint density at radius 3 is 1.72 bits per heavy atom. The van der Waals surface area contributed by atoms with Crippen molar-refractivity contribution < 1.29 is 60.2 Å². The predicted molar refractivity (Wildman–Crippen MR) is 142 cm³/mol. The zero-order chi connectivity index (χ0) is 29.3. The second kappa shape index (κ2) is 19.6. The molecule has 1 fully saturated rings. The summed E-state index contributed by atoms with van der Waals surface area (Å²) in [6.07, 6.45) is 0.338. The van der Waals surface area contributed by atoms with E-state index in [2.05, 4.69) is 6.92 Å². The highest BCUT2D eigenvalue weighted by Gasteiger charge is 2.67. The molecule has 1 rings (SSSR count). The molecule has 39 heavy (non-hydrogen) atoms. The fourth-order valence-corrected chi connectivity index (χ4v) is 5.14. The van der Waals surface area contributed by atoms with Gasteiger partial charge >= 0.3 is 0 Å². The van der Waals surface area contributed by atoms with Crippen molar-refractivity contribution >= 4 is 0 Å². The lowest BCUT2D eigenvalue weighted by molar-refractivity contribution is -0.421. The number of hydrogen-bond acceptors (Lipinski definition) is 12. The highest BCUT2D eigenvalue weighted by Crippen LogP contribution is 2.47. The van der Waals surface area contributed by atoms with E-state index in [4.69, 9.17) is 14.2 Å². The third kappa shape index (κ3) is 11.0. The highest BCUT2D eigenvalue weighted by molar-refractivity contribution is 5.11. The summed E-state index contributed by atoms with van der Waals surface area (Å²) in [5.41, 5.74) is -2.18. The fourth-order valence-electron chi connectivity index (χ4n) is 5.14. The van der Waals surface area contributed by atoms with E-state index < -0.39 is 93.9 Å². The van der Waals surface area contributed by atoms with Crippen molar-refractivity contribution in [2.75, 3.05) is 39.6 Å². The minimum Gasteiger partial charge on any atom is -0.394 e. The Morgan fingerprint density at radius 2 is 1.21 bits per heavy atom. The number of rotatable bonds is 23. The lowest BCUT2D eigenvalue weighted by atomic mass is 9.73. The van der Waals surface area contributed by atoms with Gasteiger partial charge in [0.25, 0.3) is 0 Å². The Hall–Kier alpha value is -0.480. The molecule has 234 valence electrons. The van der Waals surface area contributed by atoms with Crippen LogP contribution in [0.1, 0.15) is 84.0 Å². The topological polar surface area (TPSA) is 210 Å². The van der Waals surface area contributed by atoms with Crippen LogP contribution in [0.5, 0.6) is 0 Å². The number of aliphatic hydroxyl groups excluding tert-OH is 9. The first-order valence-corrected chi connectivity index (χ1v) is 14.5. The van der Waals surface area contributed by atoms with Gasteiger partial charge in [0.05, 0.1) is 51.8 Å². The molecule has 9 N–H and O–H groups in total.